The molecule has 1 rings (SSSR count). The molecule has 0 aromatic rings. The van der Waals surface area contributed by atoms with Crippen molar-refractivity contribution in [3.05, 3.63) is 0 Å². The SMILES string of the molecule is C/N=C(/NC(=N)N)NC1CCCCC1. The number of nitrogens with one attached hydrogen (secondary N) is 3. The molecule has 1 saturated carbocycles. The highest BCUT2D eigenvalue weighted by Crippen LogP contribution is 2.16. The molecule has 0 spiro atoms. The normalized spacial score (nSPS) is 19.1. The second-order valence-electron chi connectivity index (χ2n) is 3.59. The summed E-state index contributed by atoms with van der Waals surface area (Å²) in [6.45, 7) is 0. The van der Waals surface area contributed by atoms with E-state index < -0.39 is 0 Å². The minimum atomic E-state index is -0.0751. The monoisotopic (exact) mass is 197 g/mol. The third-order valence-electron chi connectivity index (χ3n) is 2.42. The lowest BCUT2D eigenvalue weighted by Gasteiger charge is -2.24. The van der Waals surface area contributed by atoms with Gasteiger partial charge in [-0.2, -0.15) is 0 Å². The van der Waals surface area contributed by atoms with Crippen molar-refractivity contribution in [1.82, 2.24) is 10.6 Å². The first-order chi connectivity index (χ1) is 6.72. The Morgan fingerprint density at radius 3 is 2.50 bits per heavy atom. The van der Waals surface area contributed by atoms with Crippen LogP contribution in [0.1, 0.15) is 32.1 Å². The summed E-state index contributed by atoms with van der Waals surface area (Å²) in [5.41, 5.74) is 5.23. The van der Waals surface area contributed by atoms with E-state index in [9.17, 15) is 0 Å². The van der Waals surface area contributed by atoms with Crippen molar-refractivity contribution in [2.45, 2.75) is 38.1 Å². The fourth-order valence-corrected chi connectivity index (χ4v) is 1.72. The number of nitrogens with two attached hydrogens (primary N) is 1. The average Bonchev–Trinajstić information content (AvgIpc) is 2.17. The Bertz CT molecular complexity index is 217. The maximum absolute atomic E-state index is 7.09. The summed E-state index contributed by atoms with van der Waals surface area (Å²) in [6.07, 6.45) is 6.23. The first-order valence-electron chi connectivity index (χ1n) is 5.06. The molecule has 0 aromatic heterocycles. The fraction of sp³-hybridized carbons (Fsp3) is 0.778. The first kappa shape index (κ1) is 10.8. The molecule has 5 heteroatoms. The quantitative estimate of drug-likeness (QED) is 0.362. The molecule has 1 aliphatic carbocycles. The number of aliphatic imine (C=N–C) groups is 1. The van der Waals surface area contributed by atoms with Gasteiger partial charge in [-0.25, -0.2) is 0 Å². The summed E-state index contributed by atoms with van der Waals surface area (Å²) >= 11 is 0. The van der Waals surface area contributed by atoms with Crippen LogP contribution in [0.3, 0.4) is 0 Å². The van der Waals surface area contributed by atoms with E-state index >= 15 is 0 Å². The van der Waals surface area contributed by atoms with Gasteiger partial charge in [0.2, 0.25) is 0 Å². The molecule has 5 nitrogen and oxygen atoms in total. The average molecular weight is 197 g/mol. The van der Waals surface area contributed by atoms with Gasteiger partial charge in [0.25, 0.3) is 0 Å². The summed E-state index contributed by atoms with van der Waals surface area (Å²) in [4.78, 5) is 4.00. The summed E-state index contributed by atoms with van der Waals surface area (Å²) in [7, 11) is 1.68. The van der Waals surface area contributed by atoms with Gasteiger partial charge < -0.3 is 11.1 Å². The molecule has 0 heterocycles. The van der Waals surface area contributed by atoms with Crippen molar-refractivity contribution in [2.75, 3.05) is 7.05 Å². The van der Waals surface area contributed by atoms with Crippen molar-refractivity contribution < 1.29 is 0 Å². The Morgan fingerprint density at radius 1 is 1.36 bits per heavy atom. The van der Waals surface area contributed by atoms with Gasteiger partial charge in [-0.05, 0) is 12.8 Å². The maximum atomic E-state index is 7.09. The van der Waals surface area contributed by atoms with Crippen molar-refractivity contribution in [2.24, 2.45) is 10.7 Å². The van der Waals surface area contributed by atoms with Crippen LogP contribution in [0.2, 0.25) is 0 Å². The molecule has 0 amide bonds. The predicted octanol–water partition coefficient (Wildman–Crippen LogP) is 0.378. The Hall–Kier alpha value is -1.26. The molecule has 1 aliphatic rings. The molecule has 0 radical (unpaired) electrons. The first-order valence-corrected chi connectivity index (χ1v) is 5.06. The number of hydrogen-bond donors (Lipinski definition) is 4. The highest BCUT2D eigenvalue weighted by molar-refractivity contribution is 5.96. The van der Waals surface area contributed by atoms with Crippen LogP contribution in [0.25, 0.3) is 0 Å². The molecule has 0 unspecified atom stereocenters. The van der Waals surface area contributed by atoms with Gasteiger partial charge in [-0.1, -0.05) is 19.3 Å². The lowest BCUT2D eigenvalue weighted by atomic mass is 9.96. The van der Waals surface area contributed by atoms with E-state index in [4.69, 9.17) is 11.1 Å². The molecule has 5 N–H and O–H groups in total. The molecule has 0 bridgehead atoms. The summed E-state index contributed by atoms with van der Waals surface area (Å²) in [5.74, 6) is 0.526. The van der Waals surface area contributed by atoms with Gasteiger partial charge in [0.15, 0.2) is 11.9 Å². The zero-order valence-corrected chi connectivity index (χ0v) is 8.64. The Kier molecular flexibility index (Phi) is 4.22. The molecule has 0 atom stereocenters. The Labute approximate surface area is 84.7 Å². The number of nitrogens with zero attached hydrogens (tertiary/aromatic N) is 1. The van der Waals surface area contributed by atoms with Gasteiger partial charge >= 0.3 is 0 Å². The summed E-state index contributed by atoms with van der Waals surface area (Å²) < 4.78 is 0. The second-order valence-corrected chi connectivity index (χ2v) is 3.59. The molecule has 14 heavy (non-hydrogen) atoms. The van der Waals surface area contributed by atoms with Crippen molar-refractivity contribution in [3.8, 4) is 0 Å². The van der Waals surface area contributed by atoms with Crippen molar-refractivity contribution in [3.63, 3.8) is 0 Å². The van der Waals surface area contributed by atoms with E-state index in [1.54, 1.807) is 7.05 Å². The van der Waals surface area contributed by atoms with Gasteiger partial charge in [0, 0.05) is 13.1 Å². The van der Waals surface area contributed by atoms with Crippen molar-refractivity contribution in [1.29, 1.82) is 5.41 Å². The molecular formula is C9H19N5. The topological polar surface area (TPSA) is 86.3 Å². The molecule has 0 aliphatic heterocycles. The maximum Gasteiger partial charge on any atom is 0.198 e. The third-order valence-corrected chi connectivity index (χ3v) is 2.42. The van der Waals surface area contributed by atoms with E-state index in [1.165, 1.54) is 32.1 Å². The summed E-state index contributed by atoms with van der Waals surface area (Å²) in [5, 5.41) is 13.0. The van der Waals surface area contributed by atoms with Gasteiger partial charge in [0.05, 0.1) is 0 Å². The smallest absolute Gasteiger partial charge is 0.198 e. The highest BCUT2D eigenvalue weighted by atomic mass is 15.2. The van der Waals surface area contributed by atoms with E-state index in [-0.39, 0.29) is 5.96 Å². The lowest BCUT2D eigenvalue weighted by Crippen LogP contribution is -2.48. The molecular weight excluding hydrogens is 178 g/mol. The predicted molar refractivity (Wildman–Crippen MR) is 58.4 cm³/mol. The van der Waals surface area contributed by atoms with Crippen molar-refractivity contribution >= 4 is 11.9 Å². The highest BCUT2D eigenvalue weighted by Gasteiger charge is 2.14. The molecule has 1 fully saturated rings. The zero-order valence-electron chi connectivity index (χ0n) is 8.64. The van der Waals surface area contributed by atoms with Crippen LogP contribution in [-0.2, 0) is 0 Å². The van der Waals surface area contributed by atoms with Gasteiger partial charge in [-0.3, -0.25) is 15.7 Å². The van der Waals surface area contributed by atoms with Gasteiger partial charge in [-0.15, -0.1) is 0 Å². The molecule has 80 valence electrons. The minimum Gasteiger partial charge on any atom is -0.370 e. The van der Waals surface area contributed by atoms with E-state index in [1.807, 2.05) is 0 Å². The number of hydrogen-bond acceptors (Lipinski definition) is 2. The zero-order chi connectivity index (χ0) is 10.4. The van der Waals surface area contributed by atoms with Crippen LogP contribution in [0, 0.1) is 5.41 Å². The van der Waals surface area contributed by atoms with Crippen LogP contribution in [0.15, 0.2) is 4.99 Å². The summed E-state index contributed by atoms with van der Waals surface area (Å²) in [6, 6.07) is 0.481. The molecule has 0 saturated heterocycles. The van der Waals surface area contributed by atoms with Crippen LogP contribution in [0.5, 0.6) is 0 Å². The van der Waals surface area contributed by atoms with Crippen LogP contribution < -0.4 is 16.4 Å². The number of rotatable bonds is 1. The lowest BCUT2D eigenvalue weighted by molar-refractivity contribution is 0.411. The van der Waals surface area contributed by atoms with E-state index in [2.05, 4.69) is 15.6 Å². The van der Waals surface area contributed by atoms with Crippen LogP contribution >= 0.6 is 0 Å². The second kappa shape index (κ2) is 5.47. The Balaban J connectivity index is 2.35. The van der Waals surface area contributed by atoms with E-state index in [0.717, 1.165) is 0 Å². The third kappa shape index (κ3) is 3.64. The van der Waals surface area contributed by atoms with Crippen LogP contribution in [-0.4, -0.2) is 25.0 Å². The fourth-order valence-electron chi connectivity index (χ4n) is 1.72. The Morgan fingerprint density at radius 2 is 2.00 bits per heavy atom. The van der Waals surface area contributed by atoms with Gasteiger partial charge in [0.1, 0.15) is 0 Å². The largest absolute Gasteiger partial charge is 0.370 e. The number of guanidine groups is 2. The standard InChI is InChI=1S/C9H19N5/c1-12-9(14-8(10)11)13-7-5-3-2-4-6-7/h7H,2-6H2,1H3,(H5,10,11,12,13,14). The minimum absolute atomic E-state index is 0.0751. The molecule has 0 aromatic carbocycles. The van der Waals surface area contributed by atoms with E-state index in [0.29, 0.717) is 12.0 Å². The van der Waals surface area contributed by atoms with Crippen LogP contribution in [0.4, 0.5) is 0 Å².